The second kappa shape index (κ2) is 13.8. The van der Waals surface area contributed by atoms with Gasteiger partial charge in [-0.2, -0.15) is 0 Å². The molecule has 0 spiro atoms. The van der Waals surface area contributed by atoms with Crippen molar-refractivity contribution in [3.8, 4) is 0 Å². The van der Waals surface area contributed by atoms with Gasteiger partial charge in [0, 0.05) is 6.54 Å². The van der Waals surface area contributed by atoms with Crippen LogP contribution in [-0.4, -0.2) is 56.9 Å². The molecule has 1 unspecified atom stereocenters. The van der Waals surface area contributed by atoms with Gasteiger partial charge in [-0.25, -0.2) is 9.78 Å². The highest BCUT2D eigenvalue weighted by atomic mass is 16.6. The van der Waals surface area contributed by atoms with Gasteiger partial charge in [0.15, 0.2) is 11.6 Å². The van der Waals surface area contributed by atoms with E-state index in [-0.39, 0.29) is 25.7 Å². The molecule has 4 rings (SSSR count). The van der Waals surface area contributed by atoms with Crippen LogP contribution in [0.2, 0.25) is 0 Å². The van der Waals surface area contributed by atoms with Gasteiger partial charge >= 0.3 is 12.1 Å². The van der Waals surface area contributed by atoms with Gasteiger partial charge in [0.1, 0.15) is 23.7 Å². The minimum absolute atomic E-state index is 0.0202. The Balaban J connectivity index is 1.69. The molecule has 2 aliphatic rings. The summed E-state index contributed by atoms with van der Waals surface area (Å²) >= 11 is 0. The van der Waals surface area contributed by atoms with Gasteiger partial charge in [0.2, 0.25) is 0 Å². The second-order valence-corrected chi connectivity index (χ2v) is 13.3. The molecule has 0 bridgehead atoms. The Bertz CT molecular complexity index is 1270. The third-order valence-electron chi connectivity index (χ3n) is 7.92. The Labute approximate surface area is 256 Å². The lowest BCUT2D eigenvalue weighted by Crippen LogP contribution is -2.67. The lowest BCUT2D eigenvalue weighted by Gasteiger charge is -2.45. The number of benzene rings is 1. The molecule has 1 atom stereocenters. The van der Waals surface area contributed by atoms with E-state index in [1.807, 2.05) is 27.7 Å². The van der Waals surface area contributed by atoms with Crippen LogP contribution in [0.15, 0.2) is 35.6 Å². The molecule has 1 aromatic carbocycles. The Hall–Kier alpha value is -3.56. The smallest absolute Gasteiger partial charge is 0.413 e. The van der Waals surface area contributed by atoms with Crippen LogP contribution < -0.4 is 10.6 Å². The number of rotatable bonds is 10. The molecule has 10 nitrogen and oxygen atoms in total. The van der Waals surface area contributed by atoms with E-state index in [0.717, 1.165) is 12.0 Å². The first-order valence-electron chi connectivity index (χ1n) is 15.8. The zero-order valence-electron chi connectivity index (χ0n) is 27.0. The Morgan fingerprint density at radius 1 is 1.14 bits per heavy atom. The zero-order chi connectivity index (χ0) is 31.2. The minimum Gasteiger partial charge on any atom is -0.465 e. The van der Waals surface area contributed by atoms with Crippen molar-refractivity contribution in [2.24, 2.45) is 10.9 Å². The van der Waals surface area contributed by atoms with Crippen molar-refractivity contribution in [3.63, 3.8) is 0 Å². The van der Waals surface area contributed by atoms with Gasteiger partial charge < -0.3 is 24.7 Å². The molecule has 1 saturated carbocycles. The Morgan fingerprint density at radius 3 is 2.47 bits per heavy atom. The summed E-state index contributed by atoms with van der Waals surface area (Å²) in [6.45, 7) is 14.7. The average Bonchev–Trinajstić information content (AvgIpc) is 3.33. The molecular weight excluding hydrogens is 544 g/mol. The third kappa shape index (κ3) is 8.51. The van der Waals surface area contributed by atoms with E-state index in [4.69, 9.17) is 14.5 Å². The number of carbonyl (C=O) groups is 2. The SMILES string of the molecule is CCOC(=O)Cn1cnc2c1NC(C)(N(Cc1ccc(C3CCCCC3)cc1)C(=O)OC(C)(C)C)NC2=NCCC(C)C. The summed E-state index contributed by atoms with van der Waals surface area (Å²) in [4.78, 5) is 37.4. The number of amidine groups is 1. The maximum Gasteiger partial charge on any atom is 0.413 e. The number of hydrogen-bond acceptors (Lipinski definition) is 7. The van der Waals surface area contributed by atoms with Gasteiger partial charge in [0.05, 0.1) is 19.5 Å². The Kier molecular flexibility index (Phi) is 10.4. The van der Waals surface area contributed by atoms with Crippen molar-refractivity contribution >= 4 is 23.7 Å². The number of nitrogens with one attached hydrogen (secondary N) is 2. The molecule has 1 amide bonds. The van der Waals surface area contributed by atoms with Gasteiger partial charge in [-0.3, -0.25) is 14.7 Å². The summed E-state index contributed by atoms with van der Waals surface area (Å²) in [5.74, 6) is 0.699. The maximum absolute atomic E-state index is 13.9. The number of nitrogens with zero attached hydrogens (tertiary/aromatic N) is 4. The van der Waals surface area contributed by atoms with Crippen LogP contribution in [0.5, 0.6) is 0 Å². The molecule has 236 valence electrons. The maximum atomic E-state index is 13.9. The van der Waals surface area contributed by atoms with E-state index >= 15 is 0 Å². The van der Waals surface area contributed by atoms with Crippen molar-refractivity contribution in [2.75, 3.05) is 18.5 Å². The first kappa shape index (κ1) is 32.4. The molecule has 43 heavy (non-hydrogen) atoms. The minimum atomic E-state index is -1.15. The van der Waals surface area contributed by atoms with E-state index in [0.29, 0.717) is 35.7 Å². The summed E-state index contributed by atoms with van der Waals surface area (Å²) in [6, 6.07) is 8.63. The highest BCUT2D eigenvalue weighted by molar-refractivity contribution is 6.04. The lowest BCUT2D eigenvalue weighted by molar-refractivity contribution is -0.143. The number of ether oxygens (including phenoxy) is 2. The van der Waals surface area contributed by atoms with Gasteiger partial charge in [0.25, 0.3) is 0 Å². The van der Waals surface area contributed by atoms with Gasteiger partial charge in [-0.05, 0) is 76.8 Å². The lowest BCUT2D eigenvalue weighted by atomic mass is 9.84. The van der Waals surface area contributed by atoms with Crippen molar-refractivity contribution in [2.45, 2.75) is 117 Å². The third-order valence-corrected chi connectivity index (χ3v) is 7.92. The van der Waals surface area contributed by atoms with Crippen molar-refractivity contribution in [1.82, 2.24) is 19.8 Å². The molecule has 1 aliphatic carbocycles. The van der Waals surface area contributed by atoms with Gasteiger partial charge in [-0.1, -0.05) is 57.4 Å². The second-order valence-electron chi connectivity index (χ2n) is 13.3. The monoisotopic (exact) mass is 594 g/mol. The molecule has 1 aromatic heterocycles. The molecule has 2 N–H and O–H groups in total. The van der Waals surface area contributed by atoms with Crippen LogP contribution in [0.3, 0.4) is 0 Å². The number of anilines is 1. The predicted molar refractivity (Wildman–Crippen MR) is 169 cm³/mol. The standard InChI is InChI=1S/C33H50N6O4/c1-8-42-27(40)21-38-22-35-28-29(34-19-18-23(2)3)36-33(7,37-30(28)38)39(31(41)43-32(4,5)6)20-24-14-16-26(17-15-24)25-12-10-9-11-13-25/h14-17,22-23,25,37H,8-13,18-21H2,1-7H3,(H,34,36). The number of aromatic nitrogens is 2. The van der Waals surface area contributed by atoms with E-state index in [2.05, 4.69) is 53.7 Å². The van der Waals surface area contributed by atoms with Crippen molar-refractivity contribution in [1.29, 1.82) is 0 Å². The largest absolute Gasteiger partial charge is 0.465 e. The summed E-state index contributed by atoms with van der Waals surface area (Å²) in [5, 5.41) is 6.95. The fourth-order valence-corrected chi connectivity index (χ4v) is 5.62. The fraction of sp³-hybridized carbons (Fsp3) is 0.636. The number of carbonyl (C=O) groups excluding carboxylic acids is 2. The van der Waals surface area contributed by atoms with Crippen molar-refractivity contribution in [3.05, 3.63) is 47.4 Å². The van der Waals surface area contributed by atoms with Crippen LogP contribution in [0, 0.1) is 5.92 Å². The zero-order valence-corrected chi connectivity index (χ0v) is 27.0. The van der Waals surface area contributed by atoms with Crippen molar-refractivity contribution < 1.29 is 19.1 Å². The summed E-state index contributed by atoms with van der Waals surface area (Å²) in [5.41, 5.74) is 2.24. The number of aliphatic imine (C=N–C) groups is 1. The van der Waals surface area contributed by atoms with E-state index in [1.165, 1.54) is 37.7 Å². The highest BCUT2D eigenvalue weighted by Gasteiger charge is 2.44. The molecular formula is C33H50N6O4. The van der Waals surface area contributed by atoms with Crippen LogP contribution in [0.4, 0.5) is 10.6 Å². The number of amides is 1. The molecule has 1 fully saturated rings. The molecule has 1 aliphatic heterocycles. The summed E-state index contributed by atoms with van der Waals surface area (Å²) in [7, 11) is 0. The van der Waals surface area contributed by atoms with Crippen LogP contribution in [0.1, 0.15) is 110 Å². The fourth-order valence-electron chi connectivity index (χ4n) is 5.62. The highest BCUT2D eigenvalue weighted by Crippen LogP contribution is 2.34. The first-order valence-corrected chi connectivity index (χ1v) is 15.8. The summed E-state index contributed by atoms with van der Waals surface area (Å²) < 4.78 is 12.8. The topological polar surface area (TPSA) is 110 Å². The summed E-state index contributed by atoms with van der Waals surface area (Å²) in [6.07, 6.45) is 8.37. The van der Waals surface area contributed by atoms with Gasteiger partial charge in [-0.15, -0.1) is 0 Å². The van der Waals surface area contributed by atoms with E-state index in [9.17, 15) is 9.59 Å². The number of hydrogen-bond donors (Lipinski definition) is 2. The average molecular weight is 595 g/mol. The van der Waals surface area contributed by atoms with E-state index in [1.54, 1.807) is 22.7 Å². The molecule has 0 radical (unpaired) electrons. The normalized spacial score (nSPS) is 19.9. The van der Waals surface area contributed by atoms with Crippen LogP contribution in [0.25, 0.3) is 0 Å². The molecule has 2 heterocycles. The number of imidazole rings is 1. The quantitative estimate of drug-likeness (QED) is 0.306. The Morgan fingerprint density at radius 2 is 1.84 bits per heavy atom. The molecule has 10 heteroatoms. The predicted octanol–water partition coefficient (Wildman–Crippen LogP) is 6.41. The number of esters is 1. The number of fused-ring (bicyclic) bond motifs is 1. The van der Waals surface area contributed by atoms with Crippen LogP contribution in [-0.2, 0) is 27.4 Å². The molecule has 0 saturated heterocycles. The molecule has 2 aromatic rings. The first-order chi connectivity index (χ1) is 20.4. The van der Waals surface area contributed by atoms with Crippen LogP contribution >= 0.6 is 0 Å². The van der Waals surface area contributed by atoms with E-state index < -0.39 is 17.5 Å².